The predicted molar refractivity (Wildman–Crippen MR) is 106 cm³/mol. The summed E-state index contributed by atoms with van der Waals surface area (Å²) in [5.74, 6) is -3.06. The topological polar surface area (TPSA) is 130 Å². The second-order valence-electron chi connectivity index (χ2n) is 7.02. The Morgan fingerprint density at radius 1 is 1.12 bits per heavy atom. The van der Waals surface area contributed by atoms with Gasteiger partial charge >= 0.3 is 11.9 Å². The third kappa shape index (κ3) is 7.20. The van der Waals surface area contributed by atoms with Crippen LogP contribution in [0.3, 0.4) is 0 Å². The van der Waals surface area contributed by atoms with Crippen LogP contribution in [0.25, 0.3) is 0 Å². The van der Waals surface area contributed by atoms with Crippen molar-refractivity contribution in [3.05, 3.63) is 48.2 Å². The van der Waals surface area contributed by atoms with Crippen LogP contribution in [0.1, 0.15) is 26.3 Å². The van der Waals surface area contributed by atoms with Gasteiger partial charge in [-0.15, -0.1) is 0 Å². The lowest BCUT2D eigenvalue weighted by Crippen LogP contribution is -2.66. The first-order valence-corrected chi connectivity index (χ1v) is 9.71. The monoisotopic (exact) mass is 455 g/mol. The molecule has 0 radical (unpaired) electrons. The molecule has 0 aromatic heterocycles. The lowest BCUT2D eigenvalue weighted by atomic mass is 9.96. The number of aliphatic hydroxyl groups excluding tert-OH is 1. The fraction of sp³-hybridized carbons (Fsp3) is 0.476. The summed E-state index contributed by atoms with van der Waals surface area (Å²) in [6, 6.07) is 4.80. The van der Waals surface area contributed by atoms with Crippen molar-refractivity contribution in [2.75, 3.05) is 6.61 Å². The molecule has 1 heterocycles. The molecular formula is C21H26FNO9. The molecule has 176 valence electrons. The van der Waals surface area contributed by atoms with Crippen LogP contribution in [0.15, 0.2) is 36.8 Å². The van der Waals surface area contributed by atoms with Crippen LogP contribution < -0.4 is 5.32 Å². The summed E-state index contributed by atoms with van der Waals surface area (Å²) in [7, 11) is 0. The van der Waals surface area contributed by atoms with E-state index in [0.717, 1.165) is 6.92 Å². The van der Waals surface area contributed by atoms with Crippen molar-refractivity contribution in [2.45, 2.75) is 58.0 Å². The summed E-state index contributed by atoms with van der Waals surface area (Å²) in [5, 5.41) is 12.2. The van der Waals surface area contributed by atoms with Gasteiger partial charge in [0.1, 0.15) is 24.6 Å². The summed E-state index contributed by atoms with van der Waals surface area (Å²) < 4.78 is 41.2. The van der Waals surface area contributed by atoms with Crippen molar-refractivity contribution in [1.82, 2.24) is 5.32 Å². The molecular weight excluding hydrogens is 429 g/mol. The summed E-state index contributed by atoms with van der Waals surface area (Å²) in [5.41, 5.74) is 0.223. The Balaban J connectivity index is 2.37. The first kappa shape index (κ1) is 25.1. The molecule has 32 heavy (non-hydrogen) atoms. The van der Waals surface area contributed by atoms with Crippen molar-refractivity contribution >= 4 is 17.8 Å². The highest BCUT2D eigenvalue weighted by Gasteiger charge is 2.51. The van der Waals surface area contributed by atoms with Gasteiger partial charge in [-0.1, -0.05) is 18.2 Å². The molecule has 1 amide bonds. The third-order valence-corrected chi connectivity index (χ3v) is 4.40. The summed E-state index contributed by atoms with van der Waals surface area (Å²) in [4.78, 5) is 34.9. The van der Waals surface area contributed by atoms with Gasteiger partial charge in [0, 0.05) is 26.3 Å². The number of esters is 2. The predicted octanol–water partition coefficient (Wildman–Crippen LogP) is 1.48. The van der Waals surface area contributed by atoms with Gasteiger partial charge in [0.25, 0.3) is 5.95 Å². The number of aliphatic hydroxyl groups is 1. The highest BCUT2D eigenvalue weighted by Crippen LogP contribution is 2.29. The molecule has 5 atom stereocenters. The van der Waals surface area contributed by atoms with Crippen LogP contribution in [0.5, 0.6) is 0 Å². The van der Waals surface area contributed by atoms with Gasteiger partial charge in [-0.3, -0.25) is 14.4 Å². The van der Waals surface area contributed by atoms with Crippen molar-refractivity contribution < 1.29 is 47.6 Å². The minimum absolute atomic E-state index is 0.223. The number of nitrogens with one attached hydrogen (secondary N) is 1. The molecule has 2 rings (SSSR count). The number of ether oxygens (including phenoxy) is 5. The zero-order valence-electron chi connectivity index (χ0n) is 17.9. The molecule has 1 fully saturated rings. The second kappa shape index (κ2) is 11.4. The number of rotatable bonds is 9. The zero-order valence-corrected chi connectivity index (χ0v) is 17.9. The second-order valence-corrected chi connectivity index (χ2v) is 7.02. The molecule has 0 spiro atoms. The SMILES string of the molecule is C=C(O)OC1C(COC(C)=O)OC(OCc2ccccc2F)C(NC(C)=O)C1OC(C)=O. The van der Waals surface area contributed by atoms with Crippen molar-refractivity contribution in [2.24, 2.45) is 0 Å². The molecule has 2 N–H and O–H groups in total. The number of carbonyl (C=O) groups excluding carboxylic acids is 3. The first-order valence-electron chi connectivity index (χ1n) is 9.71. The highest BCUT2D eigenvalue weighted by atomic mass is 19.1. The van der Waals surface area contributed by atoms with E-state index in [1.54, 1.807) is 6.07 Å². The van der Waals surface area contributed by atoms with E-state index in [2.05, 4.69) is 11.9 Å². The van der Waals surface area contributed by atoms with Crippen LogP contribution in [-0.4, -0.2) is 60.2 Å². The smallest absolute Gasteiger partial charge is 0.303 e. The Morgan fingerprint density at radius 3 is 2.38 bits per heavy atom. The maximum Gasteiger partial charge on any atom is 0.303 e. The minimum Gasteiger partial charge on any atom is -0.481 e. The summed E-state index contributed by atoms with van der Waals surface area (Å²) >= 11 is 0. The molecule has 0 aliphatic carbocycles. The summed E-state index contributed by atoms with van der Waals surface area (Å²) in [6.07, 6.45) is -4.81. The average molecular weight is 455 g/mol. The Labute approximate surface area is 184 Å². The molecule has 0 saturated carbocycles. The highest BCUT2D eigenvalue weighted by molar-refractivity contribution is 5.73. The van der Waals surface area contributed by atoms with E-state index in [1.165, 1.54) is 32.0 Å². The normalized spacial score (nSPS) is 24.8. The van der Waals surface area contributed by atoms with Crippen LogP contribution in [0.2, 0.25) is 0 Å². The van der Waals surface area contributed by atoms with Crippen molar-refractivity contribution in [3.8, 4) is 0 Å². The van der Waals surface area contributed by atoms with Gasteiger partial charge in [0.15, 0.2) is 18.5 Å². The Morgan fingerprint density at radius 2 is 1.81 bits per heavy atom. The molecule has 1 aromatic carbocycles. The zero-order chi connectivity index (χ0) is 23.8. The summed E-state index contributed by atoms with van der Waals surface area (Å²) in [6.45, 7) is 6.21. The van der Waals surface area contributed by atoms with E-state index in [-0.39, 0.29) is 18.8 Å². The van der Waals surface area contributed by atoms with E-state index in [1.807, 2.05) is 0 Å². The quantitative estimate of drug-likeness (QED) is 0.420. The lowest BCUT2D eigenvalue weighted by Gasteiger charge is -2.45. The number of hydrogen-bond donors (Lipinski definition) is 2. The fourth-order valence-corrected chi connectivity index (χ4v) is 3.19. The fourth-order valence-electron chi connectivity index (χ4n) is 3.19. The first-order chi connectivity index (χ1) is 15.1. The molecule has 10 nitrogen and oxygen atoms in total. The molecule has 1 aromatic rings. The van der Waals surface area contributed by atoms with Gasteiger partial charge in [-0.25, -0.2) is 4.39 Å². The average Bonchev–Trinajstić information content (AvgIpc) is 2.68. The number of amides is 1. The minimum atomic E-state index is -1.25. The molecule has 1 saturated heterocycles. The van der Waals surface area contributed by atoms with E-state index in [9.17, 15) is 23.9 Å². The lowest BCUT2D eigenvalue weighted by molar-refractivity contribution is -0.283. The van der Waals surface area contributed by atoms with Gasteiger partial charge in [0.05, 0.1) is 6.61 Å². The maximum atomic E-state index is 14.0. The molecule has 1 aliphatic heterocycles. The van der Waals surface area contributed by atoms with Gasteiger partial charge in [-0.2, -0.15) is 0 Å². The van der Waals surface area contributed by atoms with Crippen molar-refractivity contribution in [3.63, 3.8) is 0 Å². The maximum absolute atomic E-state index is 14.0. The Bertz CT molecular complexity index is 846. The van der Waals surface area contributed by atoms with Crippen LogP contribution >= 0.6 is 0 Å². The number of carbonyl (C=O) groups is 3. The van der Waals surface area contributed by atoms with E-state index < -0.39 is 60.3 Å². The van der Waals surface area contributed by atoms with Crippen LogP contribution in [0, 0.1) is 5.82 Å². The number of hydrogen-bond acceptors (Lipinski definition) is 9. The number of benzene rings is 1. The van der Waals surface area contributed by atoms with Gasteiger partial charge in [0.2, 0.25) is 5.91 Å². The van der Waals surface area contributed by atoms with Gasteiger partial charge in [-0.05, 0) is 12.6 Å². The van der Waals surface area contributed by atoms with Crippen LogP contribution in [0.4, 0.5) is 4.39 Å². The largest absolute Gasteiger partial charge is 0.481 e. The molecule has 1 aliphatic rings. The van der Waals surface area contributed by atoms with E-state index in [4.69, 9.17) is 23.7 Å². The number of halogens is 1. The Kier molecular flexibility index (Phi) is 8.97. The van der Waals surface area contributed by atoms with Crippen LogP contribution in [-0.2, 0) is 44.7 Å². The molecule has 0 bridgehead atoms. The van der Waals surface area contributed by atoms with E-state index in [0.29, 0.717) is 0 Å². The van der Waals surface area contributed by atoms with Gasteiger partial charge < -0.3 is 34.1 Å². The van der Waals surface area contributed by atoms with E-state index >= 15 is 0 Å². The van der Waals surface area contributed by atoms with Crippen molar-refractivity contribution in [1.29, 1.82) is 0 Å². The Hall–Kier alpha value is -3.18. The molecule has 5 unspecified atom stereocenters. The standard InChI is InChI=1S/C21H26FNO9/c1-11(24)23-18-20(31-14(4)27)19(30-13(3)26)17(10-28-12(2)25)32-21(18)29-9-15-7-5-6-8-16(15)22/h5-8,17-21,26H,3,9-10H2,1-2,4H3,(H,23,24). The third-order valence-electron chi connectivity index (χ3n) is 4.40. The molecule has 11 heteroatoms.